The van der Waals surface area contributed by atoms with Gasteiger partial charge in [0.2, 0.25) is 0 Å². The van der Waals surface area contributed by atoms with Crippen LogP contribution < -0.4 is 5.73 Å². The van der Waals surface area contributed by atoms with Gasteiger partial charge in [-0.05, 0) is 32.6 Å². The molecule has 1 heterocycles. The SMILES string of the molecule is Cc1nn(C)c(CC2(O)CCC(N)CC2)c1Cl. The molecular weight excluding hydrogens is 238 g/mol. The van der Waals surface area contributed by atoms with Gasteiger partial charge in [-0.15, -0.1) is 0 Å². The average molecular weight is 258 g/mol. The molecule has 0 aromatic carbocycles. The van der Waals surface area contributed by atoms with Crippen LogP contribution in [0.4, 0.5) is 0 Å². The Morgan fingerprint density at radius 2 is 2.12 bits per heavy atom. The quantitative estimate of drug-likeness (QED) is 0.845. The van der Waals surface area contributed by atoms with Crippen LogP contribution in [0, 0.1) is 6.92 Å². The van der Waals surface area contributed by atoms with Crippen LogP contribution >= 0.6 is 11.6 Å². The first kappa shape index (κ1) is 12.9. The Morgan fingerprint density at radius 3 is 2.59 bits per heavy atom. The van der Waals surface area contributed by atoms with Crippen LogP contribution in [0.5, 0.6) is 0 Å². The average Bonchev–Trinajstić information content (AvgIpc) is 2.50. The van der Waals surface area contributed by atoms with Crippen LogP contribution in [-0.4, -0.2) is 26.5 Å². The van der Waals surface area contributed by atoms with Crippen LogP contribution in [-0.2, 0) is 13.5 Å². The van der Waals surface area contributed by atoms with Crippen molar-refractivity contribution in [3.63, 3.8) is 0 Å². The van der Waals surface area contributed by atoms with Gasteiger partial charge in [0, 0.05) is 19.5 Å². The molecule has 1 fully saturated rings. The molecule has 0 radical (unpaired) electrons. The summed E-state index contributed by atoms with van der Waals surface area (Å²) in [6.07, 6.45) is 3.81. The first-order valence-corrected chi connectivity index (χ1v) is 6.45. The predicted molar refractivity (Wildman–Crippen MR) is 68.1 cm³/mol. The molecule has 1 aromatic heterocycles. The van der Waals surface area contributed by atoms with E-state index in [-0.39, 0.29) is 6.04 Å². The fraction of sp³-hybridized carbons (Fsp3) is 0.750. The summed E-state index contributed by atoms with van der Waals surface area (Å²) in [5.74, 6) is 0. The second kappa shape index (κ2) is 4.59. The fourth-order valence-electron chi connectivity index (χ4n) is 2.54. The highest BCUT2D eigenvalue weighted by Gasteiger charge is 2.34. The summed E-state index contributed by atoms with van der Waals surface area (Å²) < 4.78 is 1.77. The van der Waals surface area contributed by atoms with Gasteiger partial charge in [0.1, 0.15) is 0 Å². The van der Waals surface area contributed by atoms with Crippen molar-refractivity contribution in [2.75, 3.05) is 0 Å². The molecule has 0 saturated heterocycles. The molecule has 0 spiro atoms. The zero-order valence-corrected chi connectivity index (χ0v) is 11.2. The van der Waals surface area contributed by atoms with E-state index in [1.54, 1.807) is 4.68 Å². The minimum atomic E-state index is -0.667. The Balaban J connectivity index is 2.15. The number of aryl methyl sites for hydroxylation is 2. The second-order valence-electron chi connectivity index (χ2n) is 5.21. The molecule has 0 aliphatic heterocycles. The van der Waals surface area contributed by atoms with Crippen LogP contribution in [0.3, 0.4) is 0 Å². The fourth-order valence-corrected chi connectivity index (χ4v) is 2.77. The molecule has 4 nitrogen and oxygen atoms in total. The van der Waals surface area contributed by atoms with Gasteiger partial charge in [-0.3, -0.25) is 4.68 Å². The number of rotatable bonds is 2. The molecule has 3 N–H and O–H groups in total. The minimum Gasteiger partial charge on any atom is -0.389 e. The maximum Gasteiger partial charge on any atom is 0.0848 e. The van der Waals surface area contributed by atoms with Gasteiger partial charge in [-0.25, -0.2) is 0 Å². The van der Waals surface area contributed by atoms with E-state index < -0.39 is 5.60 Å². The van der Waals surface area contributed by atoms with Crippen LogP contribution in [0.25, 0.3) is 0 Å². The summed E-state index contributed by atoms with van der Waals surface area (Å²) in [6.45, 7) is 1.88. The van der Waals surface area contributed by atoms with Crippen molar-refractivity contribution in [2.45, 2.75) is 50.7 Å². The number of nitrogens with zero attached hydrogens (tertiary/aromatic N) is 2. The third-order valence-corrected chi connectivity index (χ3v) is 4.21. The maximum absolute atomic E-state index is 10.5. The summed E-state index contributed by atoms with van der Waals surface area (Å²) in [4.78, 5) is 0. The Labute approximate surface area is 107 Å². The zero-order valence-electron chi connectivity index (χ0n) is 10.4. The van der Waals surface area contributed by atoms with E-state index in [0.717, 1.165) is 37.1 Å². The summed E-state index contributed by atoms with van der Waals surface area (Å²) >= 11 is 6.20. The lowest BCUT2D eigenvalue weighted by atomic mass is 9.79. The molecular formula is C12H20ClN3O. The van der Waals surface area contributed by atoms with Crippen molar-refractivity contribution >= 4 is 11.6 Å². The summed E-state index contributed by atoms with van der Waals surface area (Å²) in [6, 6.07) is 0.235. The molecule has 0 atom stereocenters. The van der Waals surface area contributed by atoms with Gasteiger partial charge >= 0.3 is 0 Å². The van der Waals surface area contributed by atoms with Crippen LogP contribution in [0.1, 0.15) is 37.1 Å². The topological polar surface area (TPSA) is 64.1 Å². The molecule has 0 amide bonds. The molecule has 2 rings (SSSR count). The monoisotopic (exact) mass is 257 g/mol. The third-order valence-electron chi connectivity index (χ3n) is 3.72. The highest BCUT2D eigenvalue weighted by Crippen LogP contribution is 2.33. The molecule has 1 aromatic rings. The maximum atomic E-state index is 10.5. The molecule has 0 unspecified atom stereocenters. The molecule has 96 valence electrons. The standard InChI is InChI=1S/C12H20ClN3O/c1-8-11(13)10(16(2)15-8)7-12(17)5-3-9(14)4-6-12/h9,17H,3-7,14H2,1-2H3. The first-order valence-electron chi connectivity index (χ1n) is 6.07. The number of nitrogens with two attached hydrogens (primary N) is 1. The Bertz CT molecular complexity index is 408. The molecule has 0 bridgehead atoms. The zero-order chi connectivity index (χ0) is 12.6. The van der Waals surface area contributed by atoms with E-state index in [9.17, 15) is 5.11 Å². The lowest BCUT2D eigenvalue weighted by Crippen LogP contribution is -2.40. The van der Waals surface area contributed by atoms with E-state index in [0.29, 0.717) is 11.4 Å². The molecule has 17 heavy (non-hydrogen) atoms. The molecule has 1 aliphatic carbocycles. The number of hydrogen-bond acceptors (Lipinski definition) is 3. The second-order valence-corrected chi connectivity index (χ2v) is 5.59. The van der Waals surface area contributed by atoms with E-state index in [1.807, 2.05) is 14.0 Å². The number of halogens is 1. The normalized spacial score (nSPS) is 29.6. The predicted octanol–water partition coefficient (Wildman–Crippen LogP) is 1.56. The van der Waals surface area contributed by atoms with Gasteiger partial charge in [0.15, 0.2) is 0 Å². The highest BCUT2D eigenvalue weighted by atomic mass is 35.5. The number of aromatic nitrogens is 2. The Morgan fingerprint density at radius 1 is 1.53 bits per heavy atom. The van der Waals surface area contributed by atoms with Gasteiger partial charge in [-0.2, -0.15) is 5.10 Å². The molecule has 1 aliphatic rings. The Kier molecular flexibility index (Phi) is 3.48. The smallest absolute Gasteiger partial charge is 0.0848 e. The minimum absolute atomic E-state index is 0.235. The summed E-state index contributed by atoms with van der Waals surface area (Å²) in [5, 5.41) is 15.5. The molecule has 1 saturated carbocycles. The summed E-state index contributed by atoms with van der Waals surface area (Å²) in [5.41, 5.74) is 6.93. The van der Waals surface area contributed by atoms with E-state index >= 15 is 0 Å². The first-order chi connectivity index (χ1) is 7.91. The molecule has 5 heteroatoms. The van der Waals surface area contributed by atoms with Crippen molar-refractivity contribution in [1.82, 2.24) is 9.78 Å². The van der Waals surface area contributed by atoms with Gasteiger partial charge in [0.05, 0.1) is 22.0 Å². The third kappa shape index (κ3) is 2.64. The van der Waals surface area contributed by atoms with Crippen molar-refractivity contribution in [3.8, 4) is 0 Å². The van der Waals surface area contributed by atoms with Crippen LogP contribution in [0.15, 0.2) is 0 Å². The van der Waals surface area contributed by atoms with Crippen molar-refractivity contribution in [2.24, 2.45) is 12.8 Å². The van der Waals surface area contributed by atoms with Crippen molar-refractivity contribution in [3.05, 3.63) is 16.4 Å². The van der Waals surface area contributed by atoms with Gasteiger partial charge < -0.3 is 10.8 Å². The van der Waals surface area contributed by atoms with E-state index in [2.05, 4.69) is 5.10 Å². The number of hydrogen-bond donors (Lipinski definition) is 2. The lowest BCUT2D eigenvalue weighted by molar-refractivity contribution is -0.00128. The van der Waals surface area contributed by atoms with Gasteiger partial charge in [0.25, 0.3) is 0 Å². The largest absolute Gasteiger partial charge is 0.389 e. The van der Waals surface area contributed by atoms with Gasteiger partial charge in [-0.1, -0.05) is 11.6 Å². The van der Waals surface area contributed by atoms with E-state index in [1.165, 1.54) is 0 Å². The Hall–Kier alpha value is -0.580. The van der Waals surface area contributed by atoms with Crippen LogP contribution in [0.2, 0.25) is 5.02 Å². The van der Waals surface area contributed by atoms with Crippen molar-refractivity contribution in [1.29, 1.82) is 0 Å². The summed E-state index contributed by atoms with van der Waals surface area (Å²) in [7, 11) is 1.87. The lowest BCUT2D eigenvalue weighted by Gasteiger charge is -2.34. The van der Waals surface area contributed by atoms with E-state index in [4.69, 9.17) is 17.3 Å². The van der Waals surface area contributed by atoms with Crippen molar-refractivity contribution < 1.29 is 5.11 Å². The highest BCUT2D eigenvalue weighted by molar-refractivity contribution is 6.31. The number of aliphatic hydroxyl groups is 1.